The van der Waals surface area contributed by atoms with E-state index in [1.165, 1.54) is 13.3 Å². The van der Waals surface area contributed by atoms with Crippen molar-refractivity contribution in [2.45, 2.75) is 0 Å². The van der Waals surface area contributed by atoms with E-state index < -0.39 is 0 Å². The molecule has 0 aliphatic heterocycles. The summed E-state index contributed by atoms with van der Waals surface area (Å²) >= 11 is 5.71. The van der Waals surface area contributed by atoms with E-state index in [4.69, 9.17) is 22.1 Å². The Hall–Kier alpha value is -2.27. The molecule has 1 aromatic carbocycles. The van der Waals surface area contributed by atoms with Gasteiger partial charge < -0.3 is 15.8 Å². The van der Waals surface area contributed by atoms with Gasteiger partial charge in [0.05, 0.1) is 17.8 Å². The number of anilines is 2. The molecule has 0 bridgehead atoms. The van der Waals surface area contributed by atoms with E-state index in [1.807, 2.05) is 0 Å². The zero-order chi connectivity index (χ0) is 13.8. The van der Waals surface area contributed by atoms with Crippen LogP contribution in [0.4, 0.5) is 11.4 Å². The highest BCUT2D eigenvalue weighted by atomic mass is 35.5. The van der Waals surface area contributed by atoms with Gasteiger partial charge in [-0.1, -0.05) is 11.6 Å². The minimum Gasteiger partial charge on any atom is -0.495 e. The Balaban J connectivity index is 2.14. The lowest BCUT2D eigenvalue weighted by molar-refractivity contribution is 0.102. The number of pyridine rings is 1. The van der Waals surface area contributed by atoms with Crippen molar-refractivity contribution >= 4 is 28.9 Å². The summed E-state index contributed by atoms with van der Waals surface area (Å²) in [5.74, 6) is 0.226. The number of benzene rings is 1. The van der Waals surface area contributed by atoms with Crippen molar-refractivity contribution in [1.82, 2.24) is 4.98 Å². The fourth-order valence-electron chi connectivity index (χ4n) is 1.52. The van der Waals surface area contributed by atoms with Crippen LogP contribution in [0.25, 0.3) is 0 Å². The van der Waals surface area contributed by atoms with Gasteiger partial charge >= 0.3 is 0 Å². The van der Waals surface area contributed by atoms with Crippen LogP contribution in [0, 0.1) is 0 Å². The predicted molar refractivity (Wildman–Crippen MR) is 74.6 cm³/mol. The molecule has 0 unspecified atom stereocenters. The maximum absolute atomic E-state index is 11.9. The molecular formula is C13H12ClN3O2. The molecule has 98 valence electrons. The molecule has 0 saturated carbocycles. The maximum Gasteiger partial charge on any atom is 0.274 e. The summed E-state index contributed by atoms with van der Waals surface area (Å²) in [5, 5.41) is 3.17. The van der Waals surface area contributed by atoms with Crippen LogP contribution in [0.5, 0.6) is 5.75 Å². The monoisotopic (exact) mass is 277 g/mol. The van der Waals surface area contributed by atoms with E-state index in [2.05, 4.69) is 10.3 Å². The minimum absolute atomic E-state index is 0.277. The van der Waals surface area contributed by atoms with Gasteiger partial charge in [0, 0.05) is 11.9 Å². The first-order valence-corrected chi connectivity index (χ1v) is 5.84. The van der Waals surface area contributed by atoms with E-state index in [-0.39, 0.29) is 11.6 Å². The Morgan fingerprint density at radius 3 is 2.74 bits per heavy atom. The summed E-state index contributed by atoms with van der Waals surface area (Å²) in [5.41, 5.74) is 7.05. The third-order valence-corrected chi connectivity index (χ3v) is 2.67. The molecule has 1 aromatic heterocycles. The molecule has 2 aromatic rings. The van der Waals surface area contributed by atoms with Crippen molar-refractivity contribution in [2.75, 3.05) is 18.2 Å². The standard InChI is InChI=1S/C13H12ClN3O2/c1-19-12-5-3-9(6-10(12)15)17-13(18)11-4-2-8(14)7-16-11/h2-7H,15H2,1H3,(H,17,18). The van der Waals surface area contributed by atoms with E-state index in [1.54, 1.807) is 30.3 Å². The lowest BCUT2D eigenvalue weighted by atomic mass is 10.2. The van der Waals surface area contributed by atoms with Crippen molar-refractivity contribution in [3.8, 4) is 5.75 Å². The van der Waals surface area contributed by atoms with Gasteiger partial charge in [-0.2, -0.15) is 0 Å². The molecule has 0 aliphatic carbocycles. The Bertz CT molecular complexity index is 599. The zero-order valence-electron chi connectivity index (χ0n) is 10.2. The molecule has 3 N–H and O–H groups in total. The highest BCUT2D eigenvalue weighted by Gasteiger charge is 2.08. The molecule has 0 saturated heterocycles. The van der Waals surface area contributed by atoms with Gasteiger partial charge in [-0.05, 0) is 30.3 Å². The number of aromatic nitrogens is 1. The third-order valence-electron chi connectivity index (χ3n) is 2.45. The van der Waals surface area contributed by atoms with Gasteiger partial charge in [0.2, 0.25) is 0 Å². The number of nitrogen functional groups attached to an aromatic ring is 1. The first-order valence-electron chi connectivity index (χ1n) is 5.46. The molecule has 1 heterocycles. The molecule has 0 radical (unpaired) electrons. The molecular weight excluding hydrogens is 266 g/mol. The van der Waals surface area contributed by atoms with E-state index in [0.29, 0.717) is 22.1 Å². The molecule has 2 rings (SSSR count). The van der Waals surface area contributed by atoms with Crippen molar-refractivity contribution in [1.29, 1.82) is 0 Å². The molecule has 1 amide bonds. The average Bonchev–Trinajstić information content (AvgIpc) is 2.39. The largest absolute Gasteiger partial charge is 0.495 e. The SMILES string of the molecule is COc1ccc(NC(=O)c2ccc(Cl)cn2)cc1N. The summed E-state index contributed by atoms with van der Waals surface area (Å²) < 4.78 is 5.04. The summed E-state index contributed by atoms with van der Waals surface area (Å²) in [6, 6.07) is 8.15. The summed E-state index contributed by atoms with van der Waals surface area (Å²) in [4.78, 5) is 15.8. The number of amides is 1. The molecule has 0 fully saturated rings. The number of halogens is 1. The summed E-state index contributed by atoms with van der Waals surface area (Å²) in [6.07, 6.45) is 1.42. The highest BCUT2D eigenvalue weighted by Crippen LogP contribution is 2.24. The fraction of sp³-hybridized carbons (Fsp3) is 0.0769. The van der Waals surface area contributed by atoms with Gasteiger partial charge in [0.1, 0.15) is 11.4 Å². The zero-order valence-corrected chi connectivity index (χ0v) is 10.9. The number of methoxy groups -OCH3 is 1. The lowest BCUT2D eigenvalue weighted by Gasteiger charge is -2.08. The number of nitrogens with one attached hydrogen (secondary N) is 1. The maximum atomic E-state index is 11.9. The number of ether oxygens (including phenoxy) is 1. The van der Waals surface area contributed by atoms with E-state index in [0.717, 1.165) is 0 Å². The minimum atomic E-state index is -0.332. The van der Waals surface area contributed by atoms with Crippen LogP contribution in [0.2, 0.25) is 5.02 Å². The Morgan fingerprint density at radius 1 is 1.37 bits per heavy atom. The van der Waals surface area contributed by atoms with Crippen LogP contribution in [0.1, 0.15) is 10.5 Å². The molecule has 6 heteroatoms. The van der Waals surface area contributed by atoms with Crippen LogP contribution >= 0.6 is 11.6 Å². The normalized spacial score (nSPS) is 10.0. The van der Waals surface area contributed by atoms with Gasteiger partial charge in [-0.15, -0.1) is 0 Å². The number of nitrogens with two attached hydrogens (primary N) is 1. The van der Waals surface area contributed by atoms with Crippen LogP contribution in [-0.4, -0.2) is 18.0 Å². The van der Waals surface area contributed by atoms with Crippen LogP contribution in [0.3, 0.4) is 0 Å². The predicted octanol–water partition coefficient (Wildman–Crippen LogP) is 2.58. The molecule has 0 aliphatic rings. The molecule has 0 atom stereocenters. The first kappa shape index (κ1) is 13.2. The molecule has 19 heavy (non-hydrogen) atoms. The van der Waals surface area contributed by atoms with Crippen molar-refractivity contribution in [2.24, 2.45) is 0 Å². The third kappa shape index (κ3) is 3.14. The van der Waals surface area contributed by atoms with Crippen LogP contribution in [-0.2, 0) is 0 Å². The second kappa shape index (κ2) is 5.58. The van der Waals surface area contributed by atoms with Gasteiger partial charge in [-0.3, -0.25) is 4.79 Å². The molecule has 5 nitrogen and oxygen atoms in total. The fourth-order valence-corrected chi connectivity index (χ4v) is 1.63. The van der Waals surface area contributed by atoms with Crippen LogP contribution in [0.15, 0.2) is 36.5 Å². The second-order valence-corrected chi connectivity index (χ2v) is 4.21. The summed E-state index contributed by atoms with van der Waals surface area (Å²) in [7, 11) is 1.53. The topological polar surface area (TPSA) is 77.2 Å². The van der Waals surface area contributed by atoms with Gasteiger partial charge in [-0.25, -0.2) is 4.98 Å². The Kier molecular flexibility index (Phi) is 3.87. The van der Waals surface area contributed by atoms with E-state index >= 15 is 0 Å². The van der Waals surface area contributed by atoms with E-state index in [9.17, 15) is 4.79 Å². The number of carbonyl (C=O) groups excluding carboxylic acids is 1. The number of rotatable bonds is 3. The van der Waals surface area contributed by atoms with Crippen molar-refractivity contribution in [3.05, 3.63) is 47.2 Å². The quantitative estimate of drug-likeness (QED) is 0.846. The Labute approximate surface area is 115 Å². The summed E-state index contributed by atoms with van der Waals surface area (Å²) in [6.45, 7) is 0. The van der Waals surface area contributed by atoms with Crippen molar-refractivity contribution < 1.29 is 9.53 Å². The highest BCUT2D eigenvalue weighted by molar-refractivity contribution is 6.30. The average molecular weight is 278 g/mol. The Morgan fingerprint density at radius 2 is 2.16 bits per heavy atom. The van der Waals surface area contributed by atoms with Gasteiger partial charge in [0.25, 0.3) is 5.91 Å². The number of hydrogen-bond donors (Lipinski definition) is 2. The van der Waals surface area contributed by atoms with Crippen molar-refractivity contribution in [3.63, 3.8) is 0 Å². The number of carbonyl (C=O) groups is 1. The second-order valence-electron chi connectivity index (χ2n) is 3.77. The lowest BCUT2D eigenvalue weighted by Crippen LogP contribution is -2.13. The number of nitrogens with zero attached hydrogens (tertiary/aromatic N) is 1. The number of hydrogen-bond acceptors (Lipinski definition) is 4. The van der Waals surface area contributed by atoms with Gasteiger partial charge in [0.15, 0.2) is 0 Å². The van der Waals surface area contributed by atoms with Crippen LogP contribution < -0.4 is 15.8 Å². The first-order chi connectivity index (χ1) is 9.10. The smallest absolute Gasteiger partial charge is 0.274 e. The molecule has 0 spiro atoms.